The van der Waals surface area contributed by atoms with Gasteiger partial charge < -0.3 is 4.90 Å². The van der Waals surface area contributed by atoms with Crippen molar-refractivity contribution in [2.45, 2.75) is 25.8 Å². The lowest BCUT2D eigenvalue weighted by atomic mass is 10.1. The Morgan fingerprint density at radius 2 is 2.09 bits per heavy atom. The Bertz CT molecular complexity index is 819. The smallest absolute Gasteiger partial charge is 0.264 e. The molecule has 1 saturated heterocycles. The highest BCUT2D eigenvalue weighted by molar-refractivity contribution is 7.21. The van der Waals surface area contributed by atoms with Crippen LogP contribution in [0.3, 0.4) is 0 Å². The maximum Gasteiger partial charge on any atom is 0.264 e. The Morgan fingerprint density at radius 1 is 1.23 bits per heavy atom. The third-order valence-corrected chi connectivity index (χ3v) is 6.66. The second kappa shape index (κ2) is 5.52. The van der Waals surface area contributed by atoms with Crippen molar-refractivity contribution in [1.29, 1.82) is 0 Å². The number of thiophene rings is 2. The molecule has 3 heterocycles. The van der Waals surface area contributed by atoms with E-state index < -0.39 is 0 Å². The summed E-state index contributed by atoms with van der Waals surface area (Å²) in [6.45, 7) is 2.94. The van der Waals surface area contributed by atoms with Gasteiger partial charge in [0.25, 0.3) is 5.91 Å². The molecule has 3 aromatic rings. The summed E-state index contributed by atoms with van der Waals surface area (Å²) in [5.41, 5.74) is 1.13. The Morgan fingerprint density at radius 3 is 2.86 bits per heavy atom. The molecule has 112 valence electrons. The van der Waals surface area contributed by atoms with Crippen molar-refractivity contribution in [3.8, 4) is 0 Å². The number of hydrogen-bond acceptors (Lipinski definition) is 3. The third-order valence-electron chi connectivity index (χ3n) is 4.42. The average Bonchev–Trinajstić information content (AvgIpc) is 3.26. The van der Waals surface area contributed by atoms with Crippen molar-refractivity contribution >= 4 is 38.7 Å². The Labute approximate surface area is 138 Å². The highest BCUT2D eigenvalue weighted by Gasteiger charge is 2.32. The first-order chi connectivity index (χ1) is 10.8. The molecule has 4 rings (SSSR count). The summed E-state index contributed by atoms with van der Waals surface area (Å²) in [5, 5.41) is 3.31. The highest BCUT2D eigenvalue weighted by atomic mass is 32.1. The second-order valence-electron chi connectivity index (χ2n) is 5.72. The molecule has 1 aliphatic heterocycles. The number of likely N-dealkylation sites (tertiary alicyclic amines) is 1. The summed E-state index contributed by atoms with van der Waals surface area (Å²) in [6.07, 6.45) is 2.18. The van der Waals surface area contributed by atoms with E-state index in [0.717, 1.165) is 29.8 Å². The number of carbonyl (C=O) groups excluding carboxylic acids is 1. The summed E-state index contributed by atoms with van der Waals surface area (Å²) < 4.78 is 1.20. The van der Waals surface area contributed by atoms with E-state index in [9.17, 15) is 4.79 Å². The first-order valence-corrected chi connectivity index (χ1v) is 9.28. The summed E-state index contributed by atoms with van der Waals surface area (Å²) in [6, 6.07) is 12.8. The summed E-state index contributed by atoms with van der Waals surface area (Å²) in [4.78, 5) is 17.4. The van der Waals surface area contributed by atoms with Crippen molar-refractivity contribution in [2.75, 3.05) is 6.54 Å². The van der Waals surface area contributed by atoms with Gasteiger partial charge >= 0.3 is 0 Å². The fourth-order valence-electron chi connectivity index (χ4n) is 3.30. The van der Waals surface area contributed by atoms with E-state index >= 15 is 0 Å². The van der Waals surface area contributed by atoms with Crippen LogP contribution in [0.25, 0.3) is 10.1 Å². The van der Waals surface area contributed by atoms with Gasteiger partial charge in [0.15, 0.2) is 0 Å². The standard InChI is InChI=1S/C18H17NOS2/c1-12-13-6-2-3-8-15(13)22-17(12)18(20)19-10-4-7-14(19)16-9-5-11-21-16/h2-3,5-6,8-9,11,14H,4,7,10H2,1H3/t14-/m0/s1. The number of benzene rings is 1. The molecule has 1 fully saturated rings. The van der Waals surface area contributed by atoms with Crippen LogP contribution in [0.15, 0.2) is 41.8 Å². The first kappa shape index (κ1) is 14.0. The third kappa shape index (κ3) is 2.18. The van der Waals surface area contributed by atoms with Gasteiger partial charge in [-0.25, -0.2) is 0 Å². The fraction of sp³-hybridized carbons (Fsp3) is 0.278. The Hall–Kier alpha value is -1.65. The largest absolute Gasteiger partial charge is 0.330 e. The van der Waals surface area contributed by atoms with Crippen molar-refractivity contribution in [3.05, 3.63) is 57.1 Å². The Balaban J connectivity index is 1.72. The molecule has 2 nitrogen and oxygen atoms in total. The maximum absolute atomic E-state index is 13.1. The molecule has 1 aromatic carbocycles. The molecule has 1 atom stereocenters. The number of carbonyl (C=O) groups is 1. The van der Waals surface area contributed by atoms with E-state index in [2.05, 4.69) is 41.5 Å². The van der Waals surface area contributed by atoms with Gasteiger partial charge in [0.2, 0.25) is 0 Å². The number of hydrogen-bond donors (Lipinski definition) is 0. The molecule has 22 heavy (non-hydrogen) atoms. The van der Waals surface area contributed by atoms with Crippen LogP contribution in [0.4, 0.5) is 0 Å². The molecule has 2 aromatic heterocycles. The van der Waals surface area contributed by atoms with E-state index in [4.69, 9.17) is 0 Å². The molecule has 4 heteroatoms. The predicted octanol–water partition coefficient (Wildman–Crippen LogP) is 5.25. The second-order valence-corrected chi connectivity index (χ2v) is 7.76. The van der Waals surface area contributed by atoms with Crippen molar-refractivity contribution in [1.82, 2.24) is 4.90 Å². The SMILES string of the molecule is Cc1c(C(=O)N2CCC[C@H]2c2cccs2)sc2ccccc12. The van der Waals surface area contributed by atoms with Gasteiger partial charge in [0.1, 0.15) is 0 Å². The van der Waals surface area contributed by atoms with Gasteiger partial charge in [-0.1, -0.05) is 24.3 Å². The molecule has 0 bridgehead atoms. The van der Waals surface area contributed by atoms with Crippen LogP contribution in [0.1, 0.15) is 39.0 Å². The summed E-state index contributed by atoms with van der Waals surface area (Å²) >= 11 is 3.39. The van der Waals surface area contributed by atoms with E-state index in [1.165, 1.54) is 15.0 Å². The average molecular weight is 327 g/mol. The lowest BCUT2D eigenvalue weighted by Gasteiger charge is -2.23. The van der Waals surface area contributed by atoms with Gasteiger partial charge in [0.05, 0.1) is 10.9 Å². The van der Waals surface area contributed by atoms with E-state index in [1.807, 2.05) is 12.1 Å². The van der Waals surface area contributed by atoms with Gasteiger partial charge in [-0.15, -0.1) is 22.7 Å². The van der Waals surface area contributed by atoms with E-state index in [1.54, 1.807) is 22.7 Å². The quantitative estimate of drug-likeness (QED) is 0.629. The lowest BCUT2D eigenvalue weighted by molar-refractivity contribution is 0.0742. The van der Waals surface area contributed by atoms with Crippen molar-refractivity contribution in [2.24, 2.45) is 0 Å². The fourth-order valence-corrected chi connectivity index (χ4v) is 5.33. The molecule has 0 aliphatic carbocycles. The van der Waals surface area contributed by atoms with E-state index in [0.29, 0.717) is 0 Å². The monoisotopic (exact) mass is 327 g/mol. The molecular formula is C18H17NOS2. The summed E-state index contributed by atoms with van der Waals surface area (Å²) in [7, 11) is 0. The molecule has 1 aliphatic rings. The number of rotatable bonds is 2. The predicted molar refractivity (Wildman–Crippen MR) is 93.9 cm³/mol. The molecular weight excluding hydrogens is 310 g/mol. The molecule has 0 spiro atoms. The van der Waals surface area contributed by atoms with Gasteiger partial charge in [-0.2, -0.15) is 0 Å². The zero-order valence-electron chi connectivity index (χ0n) is 12.4. The minimum Gasteiger partial charge on any atom is -0.330 e. The molecule has 0 N–H and O–H groups in total. The number of amides is 1. The Kier molecular flexibility index (Phi) is 3.51. The summed E-state index contributed by atoms with van der Waals surface area (Å²) in [5.74, 6) is 0.203. The van der Waals surface area contributed by atoms with Crippen LogP contribution in [0.5, 0.6) is 0 Å². The van der Waals surface area contributed by atoms with Crippen molar-refractivity contribution < 1.29 is 4.79 Å². The van der Waals surface area contributed by atoms with Gasteiger partial charge in [-0.3, -0.25) is 4.79 Å². The van der Waals surface area contributed by atoms with Crippen LogP contribution in [0, 0.1) is 6.92 Å². The van der Waals surface area contributed by atoms with Crippen LogP contribution >= 0.6 is 22.7 Å². The van der Waals surface area contributed by atoms with E-state index in [-0.39, 0.29) is 11.9 Å². The number of nitrogens with zero attached hydrogens (tertiary/aromatic N) is 1. The molecule has 0 saturated carbocycles. The first-order valence-electron chi connectivity index (χ1n) is 7.58. The van der Waals surface area contributed by atoms with Gasteiger partial charge in [-0.05, 0) is 48.2 Å². The molecule has 0 radical (unpaired) electrons. The normalized spacial score (nSPS) is 18.2. The number of fused-ring (bicyclic) bond motifs is 1. The molecule has 1 amide bonds. The van der Waals surface area contributed by atoms with Crippen LogP contribution in [-0.2, 0) is 0 Å². The topological polar surface area (TPSA) is 20.3 Å². The van der Waals surface area contributed by atoms with Crippen molar-refractivity contribution in [3.63, 3.8) is 0 Å². The minimum absolute atomic E-state index is 0.203. The lowest BCUT2D eigenvalue weighted by Crippen LogP contribution is -2.30. The van der Waals surface area contributed by atoms with Crippen LogP contribution < -0.4 is 0 Å². The maximum atomic E-state index is 13.1. The molecule has 0 unspecified atom stereocenters. The van der Waals surface area contributed by atoms with Crippen LogP contribution in [-0.4, -0.2) is 17.4 Å². The minimum atomic E-state index is 0.203. The number of aryl methyl sites for hydroxylation is 1. The zero-order chi connectivity index (χ0) is 15.1. The zero-order valence-corrected chi connectivity index (χ0v) is 14.0. The van der Waals surface area contributed by atoms with Crippen LogP contribution in [0.2, 0.25) is 0 Å². The highest BCUT2D eigenvalue weighted by Crippen LogP contribution is 2.38. The van der Waals surface area contributed by atoms with Gasteiger partial charge in [0, 0.05) is 16.1 Å².